The van der Waals surface area contributed by atoms with Crippen LogP contribution in [0, 0.1) is 17.2 Å². The van der Waals surface area contributed by atoms with Crippen LogP contribution in [0.15, 0.2) is 36.5 Å². The second kappa shape index (κ2) is 5.59. The second-order valence-electron chi connectivity index (χ2n) is 4.81. The third kappa shape index (κ3) is 2.64. The normalized spacial score (nSPS) is 24.0. The van der Waals surface area contributed by atoms with Gasteiger partial charge in [-0.15, -0.1) is 0 Å². The summed E-state index contributed by atoms with van der Waals surface area (Å²) in [5, 5.41) is 12.8. The monoisotopic (exact) mass is 343 g/mol. The van der Waals surface area contributed by atoms with E-state index in [0.717, 1.165) is 0 Å². The summed E-state index contributed by atoms with van der Waals surface area (Å²) in [6, 6.07) is 6.39. The van der Waals surface area contributed by atoms with Crippen LogP contribution in [-0.2, 0) is 4.79 Å². The van der Waals surface area contributed by atoms with Gasteiger partial charge in [0.25, 0.3) is 11.8 Å². The van der Waals surface area contributed by atoms with Crippen molar-refractivity contribution < 1.29 is 22.8 Å². The molecule has 1 heterocycles. The molecule has 0 aliphatic carbocycles. The minimum absolute atomic E-state index is 0.139. The molecule has 0 saturated carbocycles. The van der Waals surface area contributed by atoms with E-state index < -0.39 is 35.1 Å². The standard InChI is InChI=1S/C14H9ClF3N3O2/c1-7-10(6-19)13(12(23)20-7,14(16,17)18)21-11(22)8-2-4-9(15)5-3-8/h2-5,10H,1H2,(H,20,23)(H,21,22)/t10-,13+/m0/s1. The smallest absolute Gasteiger partial charge is 0.329 e. The first kappa shape index (κ1) is 16.8. The van der Waals surface area contributed by atoms with Gasteiger partial charge in [-0.25, -0.2) is 0 Å². The highest BCUT2D eigenvalue weighted by Crippen LogP contribution is 2.42. The number of nitriles is 1. The summed E-state index contributed by atoms with van der Waals surface area (Å²) in [6.45, 7) is 3.23. The predicted octanol–water partition coefficient (Wildman–Crippen LogP) is 2.15. The van der Waals surface area contributed by atoms with Crippen molar-refractivity contribution in [2.45, 2.75) is 11.7 Å². The summed E-state index contributed by atoms with van der Waals surface area (Å²) in [6.07, 6.45) is -5.20. The first-order chi connectivity index (χ1) is 10.6. The zero-order valence-corrected chi connectivity index (χ0v) is 12.1. The maximum Gasteiger partial charge on any atom is 0.422 e. The minimum Gasteiger partial charge on any atom is -0.329 e. The Labute approximate surface area is 133 Å². The van der Waals surface area contributed by atoms with Gasteiger partial charge in [-0.05, 0) is 24.3 Å². The number of amides is 2. The molecule has 0 aromatic heterocycles. The lowest BCUT2D eigenvalue weighted by atomic mass is 9.84. The van der Waals surface area contributed by atoms with Gasteiger partial charge < -0.3 is 10.6 Å². The summed E-state index contributed by atoms with van der Waals surface area (Å²) in [4.78, 5) is 24.0. The zero-order chi connectivity index (χ0) is 17.4. The predicted molar refractivity (Wildman–Crippen MR) is 74.1 cm³/mol. The van der Waals surface area contributed by atoms with Gasteiger partial charge in [0.05, 0.1) is 6.07 Å². The average molecular weight is 344 g/mol. The largest absolute Gasteiger partial charge is 0.422 e. The van der Waals surface area contributed by atoms with E-state index in [1.807, 2.05) is 5.32 Å². The van der Waals surface area contributed by atoms with Crippen molar-refractivity contribution in [3.8, 4) is 6.07 Å². The molecule has 0 unspecified atom stereocenters. The number of carbonyl (C=O) groups is 2. The molecule has 2 N–H and O–H groups in total. The lowest BCUT2D eigenvalue weighted by molar-refractivity contribution is -0.197. The Balaban J connectivity index is 2.47. The third-order valence-corrected chi connectivity index (χ3v) is 3.66. The fourth-order valence-corrected chi connectivity index (χ4v) is 2.35. The highest BCUT2D eigenvalue weighted by molar-refractivity contribution is 6.30. The van der Waals surface area contributed by atoms with E-state index in [1.165, 1.54) is 30.3 Å². The molecule has 1 aliphatic rings. The van der Waals surface area contributed by atoms with Crippen molar-refractivity contribution in [2.24, 2.45) is 5.92 Å². The van der Waals surface area contributed by atoms with Crippen LogP contribution >= 0.6 is 11.6 Å². The van der Waals surface area contributed by atoms with Crippen LogP contribution in [0.5, 0.6) is 0 Å². The summed E-state index contributed by atoms with van der Waals surface area (Å²) < 4.78 is 40.6. The molecule has 1 saturated heterocycles. The maximum atomic E-state index is 13.5. The molecule has 120 valence electrons. The summed E-state index contributed by atoms with van der Waals surface area (Å²) >= 11 is 5.64. The van der Waals surface area contributed by atoms with Crippen LogP contribution in [0.2, 0.25) is 5.02 Å². The Morgan fingerprint density at radius 3 is 2.43 bits per heavy atom. The van der Waals surface area contributed by atoms with E-state index in [2.05, 4.69) is 6.58 Å². The number of hydrogen-bond acceptors (Lipinski definition) is 3. The molecule has 1 aromatic carbocycles. The van der Waals surface area contributed by atoms with E-state index in [1.54, 1.807) is 5.32 Å². The molecule has 23 heavy (non-hydrogen) atoms. The van der Waals surface area contributed by atoms with Gasteiger partial charge in [-0.3, -0.25) is 9.59 Å². The van der Waals surface area contributed by atoms with Gasteiger partial charge in [0.2, 0.25) is 5.54 Å². The zero-order valence-electron chi connectivity index (χ0n) is 11.4. The van der Waals surface area contributed by atoms with Crippen molar-refractivity contribution in [2.75, 3.05) is 0 Å². The molecule has 1 aromatic rings. The fourth-order valence-electron chi connectivity index (χ4n) is 2.23. The molecule has 9 heteroatoms. The first-order valence-electron chi connectivity index (χ1n) is 6.18. The molecule has 2 atom stereocenters. The van der Waals surface area contributed by atoms with E-state index in [4.69, 9.17) is 16.9 Å². The third-order valence-electron chi connectivity index (χ3n) is 3.41. The molecule has 2 rings (SSSR count). The number of rotatable bonds is 2. The summed E-state index contributed by atoms with van der Waals surface area (Å²) in [7, 11) is 0. The van der Waals surface area contributed by atoms with E-state index >= 15 is 0 Å². The minimum atomic E-state index is -5.20. The number of carbonyl (C=O) groups excluding carboxylic acids is 2. The second-order valence-corrected chi connectivity index (χ2v) is 5.24. The van der Waals surface area contributed by atoms with Gasteiger partial charge >= 0.3 is 6.18 Å². The molecular weight excluding hydrogens is 335 g/mol. The molecule has 5 nitrogen and oxygen atoms in total. The first-order valence-corrected chi connectivity index (χ1v) is 6.56. The SMILES string of the molecule is C=C1NC(=O)[C@@](NC(=O)c2ccc(Cl)cc2)(C(F)(F)F)[C@H]1C#N. The summed E-state index contributed by atoms with van der Waals surface area (Å²) in [5.41, 5.74) is -3.96. The van der Waals surface area contributed by atoms with Crippen LogP contribution in [-0.4, -0.2) is 23.5 Å². The Morgan fingerprint density at radius 1 is 1.39 bits per heavy atom. The molecule has 1 fully saturated rings. The number of hydrogen-bond donors (Lipinski definition) is 2. The molecule has 2 amide bonds. The average Bonchev–Trinajstić information content (AvgIpc) is 2.70. The molecule has 0 bridgehead atoms. The maximum absolute atomic E-state index is 13.5. The molecular formula is C14H9ClF3N3O2. The molecule has 0 radical (unpaired) electrons. The van der Waals surface area contributed by atoms with E-state index in [0.29, 0.717) is 0 Å². The van der Waals surface area contributed by atoms with Crippen LogP contribution < -0.4 is 10.6 Å². The Kier molecular flexibility index (Phi) is 4.09. The lowest BCUT2D eigenvalue weighted by Gasteiger charge is -2.32. The number of nitrogens with zero attached hydrogens (tertiary/aromatic N) is 1. The fraction of sp³-hybridized carbons (Fsp3) is 0.214. The lowest BCUT2D eigenvalue weighted by Crippen LogP contribution is -2.66. The van der Waals surface area contributed by atoms with Crippen molar-refractivity contribution >= 4 is 23.4 Å². The van der Waals surface area contributed by atoms with E-state index in [-0.39, 0.29) is 10.6 Å². The highest BCUT2D eigenvalue weighted by Gasteiger charge is 2.70. The van der Waals surface area contributed by atoms with Gasteiger partial charge in [-0.1, -0.05) is 18.2 Å². The Morgan fingerprint density at radius 2 is 1.96 bits per heavy atom. The van der Waals surface area contributed by atoms with E-state index in [9.17, 15) is 22.8 Å². The number of halogens is 4. The Bertz CT molecular complexity index is 724. The molecule has 0 spiro atoms. The number of nitrogens with one attached hydrogen (secondary N) is 2. The van der Waals surface area contributed by atoms with Gasteiger partial charge in [0.15, 0.2) is 0 Å². The van der Waals surface area contributed by atoms with Crippen LogP contribution in [0.25, 0.3) is 0 Å². The quantitative estimate of drug-likeness (QED) is 0.863. The van der Waals surface area contributed by atoms with Crippen molar-refractivity contribution in [3.05, 3.63) is 47.1 Å². The van der Waals surface area contributed by atoms with Crippen molar-refractivity contribution in [1.82, 2.24) is 10.6 Å². The Hall–Kier alpha value is -2.53. The highest BCUT2D eigenvalue weighted by atomic mass is 35.5. The number of alkyl halides is 3. The van der Waals surface area contributed by atoms with Crippen molar-refractivity contribution in [1.29, 1.82) is 5.26 Å². The van der Waals surface area contributed by atoms with Crippen molar-refractivity contribution in [3.63, 3.8) is 0 Å². The van der Waals surface area contributed by atoms with Crippen LogP contribution in [0.1, 0.15) is 10.4 Å². The topological polar surface area (TPSA) is 82.0 Å². The molecule has 1 aliphatic heterocycles. The van der Waals surface area contributed by atoms with Crippen LogP contribution in [0.3, 0.4) is 0 Å². The van der Waals surface area contributed by atoms with Gasteiger partial charge in [0.1, 0.15) is 5.92 Å². The number of benzene rings is 1. The van der Waals surface area contributed by atoms with Gasteiger partial charge in [0, 0.05) is 16.3 Å². The van der Waals surface area contributed by atoms with Crippen LogP contribution in [0.4, 0.5) is 13.2 Å². The summed E-state index contributed by atoms with van der Waals surface area (Å²) in [5.74, 6) is -4.70. The van der Waals surface area contributed by atoms with Gasteiger partial charge in [-0.2, -0.15) is 18.4 Å².